The van der Waals surface area contributed by atoms with Crippen LogP contribution in [0.15, 0.2) is 60.7 Å². The normalized spacial score (nSPS) is 11.4. The highest BCUT2D eigenvalue weighted by molar-refractivity contribution is 6.74. The highest BCUT2D eigenvalue weighted by Crippen LogP contribution is 2.39. The van der Waals surface area contributed by atoms with Crippen LogP contribution in [0.1, 0.15) is 31.1 Å². The predicted octanol–water partition coefficient (Wildman–Crippen LogP) is 6.15. The van der Waals surface area contributed by atoms with Crippen molar-refractivity contribution in [3.8, 4) is 17.2 Å². The molecule has 0 amide bonds. The molecule has 3 aromatic rings. The second kappa shape index (κ2) is 8.48. The molecule has 0 atom stereocenters. The van der Waals surface area contributed by atoms with Crippen molar-refractivity contribution in [3.63, 3.8) is 0 Å². The second-order valence-corrected chi connectivity index (χ2v) is 11.6. The largest absolute Gasteiger partial charge is 0.543 e. The van der Waals surface area contributed by atoms with Gasteiger partial charge in [-0.05, 0) is 36.3 Å². The minimum absolute atomic E-state index is 0.0827. The SMILES string of the molecule is CC[Si](CC)(CC)Oc1cc(C(=O)Oc2ccccc2)c(O)c2ccccc12. The van der Waals surface area contributed by atoms with Crippen molar-refractivity contribution in [2.45, 2.75) is 38.9 Å². The quantitative estimate of drug-likeness (QED) is 0.297. The molecule has 28 heavy (non-hydrogen) atoms. The number of ether oxygens (including phenoxy) is 1. The zero-order valence-electron chi connectivity index (χ0n) is 16.6. The Kier molecular flexibility index (Phi) is 6.04. The van der Waals surface area contributed by atoms with Crippen molar-refractivity contribution < 1.29 is 19.1 Å². The summed E-state index contributed by atoms with van der Waals surface area (Å²) in [5.41, 5.74) is 0.115. The fraction of sp³-hybridized carbons (Fsp3) is 0.261. The van der Waals surface area contributed by atoms with Gasteiger partial charge in [0, 0.05) is 10.8 Å². The molecular formula is C23H26O4Si. The first-order chi connectivity index (χ1) is 13.5. The van der Waals surface area contributed by atoms with Crippen LogP contribution < -0.4 is 9.16 Å². The molecule has 0 fully saturated rings. The number of hydrogen-bond acceptors (Lipinski definition) is 4. The Labute approximate surface area is 166 Å². The fourth-order valence-electron chi connectivity index (χ4n) is 3.42. The number of aromatic hydroxyl groups is 1. The monoisotopic (exact) mass is 394 g/mol. The Hall–Kier alpha value is -2.79. The summed E-state index contributed by atoms with van der Waals surface area (Å²) in [5, 5.41) is 12.1. The number of hydrogen-bond donors (Lipinski definition) is 1. The predicted molar refractivity (Wildman–Crippen MR) is 115 cm³/mol. The summed E-state index contributed by atoms with van der Waals surface area (Å²) < 4.78 is 12.0. The van der Waals surface area contributed by atoms with Crippen LogP contribution in [0.4, 0.5) is 0 Å². The summed E-state index contributed by atoms with van der Waals surface area (Å²) >= 11 is 0. The van der Waals surface area contributed by atoms with Gasteiger partial charge in [-0.3, -0.25) is 0 Å². The molecule has 0 bridgehead atoms. The molecule has 0 saturated carbocycles. The van der Waals surface area contributed by atoms with Crippen molar-refractivity contribution in [2.24, 2.45) is 0 Å². The lowest BCUT2D eigenvalue weighted by atomic mass is 10.0. The molecule has 0 radical (unpaired) electrons. The van der Waals surface area contributed by atoms with Gasteiger partial charge in [-0.1, -0.05) is 63.2 Å². The lowest BCUT2D eigenvalue weighted by Gasteiger charge is -2.30. The topological polar surface area (TPSA) is 55.8 Å². The van der Waals surface area contributed by atoms with Crippen LogP contribution in [0, 0.1) is 0 Å². The minimum atomic E-state index is -1.96. The average Bonchev–Trinajstić information content (AvgIpc) is 2.74. The number of benzene rings is 3. The van der Waals surface area contributed by atoms with Crippen LogP contribution in [0.2, 0.25) is 18.1 Å². The van der Waals surface area contributed by atoms with E-state index >= 15 is 0 Å². The van der Waals surface area contributed by atoms with Crippen molar-refractivity contribution in [1.82, 2.24) is 0 Å². The van der Waals surface area contributed by atoms with Crippen LogP contribution in [-0.2, 0) is 0 Å². The molecule has 0 aliphatic rings. The van der Waals surface area contributed by atoms with Gasteiger partial charge >= 0.3 is 5.97 Å². The molecule has 0 spiro atoms. The molecule has 0 saturated heterocycles. The minimum Gasteiger partial charge on any atom is -0.543 e. The molecule has 0 aliphatic carbocycles. The van der Waals surface area contributed by atoms with E-state index in [0.29, 0.717) is 16.9 Å². The highest BCUT2D eigenvalue weighted by Gasteiger charge is 2.32. The summed E-state index contributed by atoms with van der Waals surface area (Å²) in [5.74, 6) is 0.393. The van der Waals surface area contributed by atoms with Gasteiger partial charge < -0.3 is 14.3 Å². The average molecular weight is 395 g/mol. The Balaban J connectivity index is 2.09. The van der Waals surface area contributed by atoms with Gasteiger partial charge in [0.05, 0.1) is 0 Å². The third-order valence-corrected chi connectivity index (χ3v) is 9.93. The van der Waals surface area contributed by atoms with Gasteiger partial charge in [0.1, 0.15) is 22.8 Å². The number of carbonyl (C=O) groups is 1. The van der Waals surface area contributed by atoms with Gasteiger partial charge in [-0.2, -0.15) is 0 Å². The van der Waals surface area contributed by atoms with E-state index in [-0.39, 0.29) is 11.3 Å². The maximum Gasteiger partial charge on any atom is 0.347 e. The molecule has 0 heterocycles. The highest BCUT2D eigenvalue weighted by atomic mass is 28.4. The van der Waals surface area contributed by atoms with Gasteiger partial charge in [0.2, 0.25) is 0 Å². The van der Waals surface area contributed by atoms with E-state index in [9.17, 15) is 9.90 Å². The summed E-state index contributed by atoms with van der Waals surface area (Å²) in [6.07, 6.45) is 0. The van der Waals surface area contributed by atoms with Gasteiger partial charge in [-0.25, -0.2) is 4.79 Å². The molecule has 0 unspecified atom stereocenters. The number of fused-ring (bicyclic) bond motifs is 1. The maximum absolute atomic E-state index is 12.8. The number of phenolic OH excluding ortho intramolecular Hbond substituents is 1. The molecule has 1 N–H and O–H groups in total. The van der Waals surface area contributed by atoms with E-state index in [0.717, 1.165) is 23.5 Å². The fourth-order valence-corrected chi connectivity index (χ4v) is 5.99. The molecule has 4 nitrogen and oxygen atoms in total. The van der Waals surface area contributed by atoms with Gasteiger partial charge in [-0.15, -0.1) is 0 Å². The third kappa shape index (κ3) is 3.89. The van der Waals surface area contributed by atoms with Crippen molar-refractivity contribution in [3.05, 3.63) is 66.2 Å². The van der Waals surface area contributed by atoms with Crippen molar-refractivity contribution in [1.29, 1.82) is 0 Å². The molecule has 146 valence electrons. The molecule has 3 aromatic carbocycles. The van der Waals surface area contributed by atoms with Gasteiger partial charge in [0.25, 0.3) is 8.32 Å². The third-order valence-electron chi connectivity index (χ3n) is 5.41. The van der Waals surface area contributed by atoms with E-state index in [1.54, 1.807) is 36.4 Å². The van der Waals surface area contributed by atoms with Crippen molar-refractivity contribution in [2.75, 3.05) is 0 Å². The summed E-state index contributed by atoms with van der Waals surface area (Å²) in [6.45, 7) is 6.48. The number of carbonyl (C=O) groups excluding carboxylic acids is 1. The van der Waals surface area contributed by atoms with Crippen LogP contribution in [0.3, 0.4) is 0 Å². The molecule has 0 aliphatic heterocycles. The first-order valence-electron chi connectivity index (χ1n) is 9.74. The number of para-hydroxylation sites is 1. The lowest BCUT2D eigenvalue weighted by Crippen LogP contribution is -2.39. The van der Waals surface area contributed by atoms with Crippen molar-refractivity contribution >= 4 is 25.1 Å². The van der Waals surface area contributed by atoms with Crippen LogP contribution in [0.5, 0.6) is 17.2 Å². The van der Waals surface area contributed by atoms with E-state index < -0.39 is 14.3 Å². The Bertz CT molecular complexity index is 957. The maximum atomic E-state index is 12.8. The van der Waals surface area contributed by atoms with E-state index in [4.69, 9.17) is 9.16 Å². The number of rotatable bonds is 7. The Morgan fingerprint density at radius 3 is 2.07 bits per heavy atom. The van der Waals surface area contributed by atoms with Gasteiger partial charge in [0.15, 0.2) is 0 Å². The molecule has 5 heteroatoms. The van der Waals surface area contributed by atoms with Crippen LogP contribution in [0.25, 0.3) is 10.8 Å². The van der Waals surface area contributed by atoms with E-state index in [1.165, 1.54) is 0 Å². The van der Waals surface area contributed by atoms with Crippen LogP contribution in [-0.4, -0.2) is 19.4 Å². The second-order valence-electron chi connectivity index (χ2n) is 6.86. The summed E-state index contributed by atoms with van der Waals surface area (Å²) in [7, 11) is -1.96. The van der Waals surface area contributed by atoms with E-state index in [1.807, 2.05) is 24.3 Å². The number of phenols is 1. The summed E-state index contributed by atoms with van der Waals surface area (Å²) in [6, 6.07) is 20.9. The van der Waals surface area contributed by atoms with Crippen LogP contribution >= 0.6 is 0 Å². The zero-order valence-corrected chi connectivity index (χ0v) is 17.6. The molecular weight excluding hydrogens is 368 g/mol. The summed E-state index contributed by atoms with van der Waals surface area (Å²) in [4.78, 5) is 12.8. The first kappa shape index (κ1) is 20.0. The number of esters is 1. The zero-order chi connectivity index (χ0) is 20.1. The standard InChI is InChI=1S/C23H26O4Si/c1-4-28(5-2,6-3)27-21-16-20(22(24)19-15-11-10-14-18(19)21)23(25)26-17-12-8-7-9-13-17/h7-16,24H,4-6H2,1-3H3. The molecule has 0 aromatic heterocycles. The van der Waals surface area contributed by atoms with E-state index in [2.05, 4.69) is 20.8 Å². The first-order valence-corrected chi connectivity index (χ1v) is 12.3. The molecule has 3 rings (SSSR count). The lowest BCUT2D eigenvalue weighted by molar-refractivity contribution is 0.0731. The Morgan fingerprint density at radius 2 is 1.46 bits per heavy atom. The Morgan fingerprint density at radius 1 is 0.893 bits per heavy atom. The smallest absolute Gasteiger partial charge is 0.347 e.